The predicted octanol–water partition coefficient (Wildman–Crippen LogP) is -0.281. The van der Waals surface area contributed by atoms with Crippen LogP contribution in [0.25, 0.3) is 0 Å². The molecule has 0 atom stereocenters. The zero-order valence-corrected chi connectivity index (χ0v) is 7.46. The summed E-state index contributed by atoms with van der Waals surface area (Å²) in [5, 5.41) is 12.0. The number of carbonyl (C=O) groups is 1. The lowest BCUT2D eigenvalue weighted by atomic mass is 10.0. The highest BCUT2D eigenvalue weighted by Crippen LogP contribution is 2.14. The third-order valence-electron chi connectivity index (χ3n) is 2.32. The van der Waals surface area contributed by atoms with Crippen molar-refractivity contribution < 1.29 is 9.90 Å². The van der Waals surface area contributed by atoms with Crippen molar-refractivity contribution in [2.45, 2.75) is 13.0 Å². The molecule has 5 heteroatoms. The minimum atomic E-state index is -1.03. The van der Waals surface area contributed by atoms with Gasteiger partial charge in [0.25, 0.3) is 0 Å². The van der Waals surface area contributed by atoms with E-state index in [1.807, 2.05) is 0 Å². The molecular weight excluding hydrogens is 184 g/mol. The average Bonchev–Trinajstić information content (AvgIpc) is 2.16. The summed E-state index contributed by atoms with van der Waals surface area (Å²) in [6.45, 7) is 1.28. The molecule has 0 radical (unpaired) electrons. The van der Waals surface area contributed by atoms with Crippen molar-refractivity contribution in [3.05, 3.63) is 33.2 Å². The van der Waals surface area contributed by atoms with Crippen LogP contribution in [-0.4, -0.2) is 22.6 Å². The Labute approximate surface area is 79.8 Å². The lowest BCUT2D eigenvalue weighted by molar-refractivity contribution is 0.0695. The Bertz CT molecular complexity index is 436. The number of fused-ring (bicyclic) bond motifs is 1. The Hall–Kier alpha value is -1.62. The zero-order chi connectivity index (χ0) is 10.1. The maximum atomic E-state index is 11.1. The summed E-state index contributed by atoms with van der Waals surface area (Å²) in [6, 6.07) is 1.15. The van der Waals surface area contributed by atoms with Crippen LogP contribution in [0, 0.1) is 0 Å². The molecule has 0 fully saturated rings. The minimum Gasteiger partial charge on any atom is -0.478 e. The van der Waals surface area contributed by atoms with E-state index >= 15 is 0 Å². The maximum absolute atomic E-state index is 11.1. The van der Waals surface area contributed by atoms with Gasteiger partial charge in [0, 0.05) is 18.3 Å². The summed E-state index contributed by atoms with van der Waals surface area (Å²) in [5.41, 5.74) is 1.21. The highest BCUT2D eigenvalue weighted by atomic mass is 16.4. The Morgan fingerprint density at radius 1 is 1.50 bits per heavy atom. The largest absolute Gasteiger partial charge is 0.478 e. The SMILES string of the molecule is O=C(O)c1cc(=O)[nH]c2c1CCNC2. The van der Waals surface area contributed by atoms with Crippen LogP contribution in [0.2, 0.25) is 0 Å². The first-order valence-corrected chi connectivity index (χ1v) is 4.37. The van der Waals surface area contributed by atoms with Gasteiger partial charge in [0.2, 0.25) is 5.56 Å². The number of aromatic nitrogens is 1. The van der Waals surface area contributed by atoms with Crippen molar-refractivity contribution in [3.8, 4) is 0 Å². The molecule has 0 amide bonds. The number of hydrogen-bond acceptors (Lipinski definition) is 3. The number of pyridine rings is 1. The van der Waals surface area contributed by atoms with Gasteiger partial charge in [0.1, 0.15) is 0 Å². The topological polar surface area (TPSA) is 82.2 Å². The highest BCUT2D eigenvalue weighted by molar-refractivity contribution is 5.89. The van der Waals surface area contributed by atoms with Crippen molar-refractivity contribution in [3.63, 3.8) is 0 Å². The van der Waals surface area contributed by atoms with E-state index in [0.29, 0.717) is 18.7 Å². The molecule has 2 rings (SSSR count). The molecule has 0 aliphatic carbocycles. The first kappa shape index (κ1) is 8.96. The number of hydrogen-bond donors (Lipinski definition) is 3. The normalized spacial score (nSPS) is 14.9. The fourth-order valence-electron chi connectivity index (χ4n) is 1.70. The minimum absolute atomic E-state index is 0.130. The number of nitrogens with one attached hydrogen (secondary N) is 2. The third kappa shape index (κ3) is 1.42. The van der Waals surface area contributed by atoms with Gasteiger partial charge in [0.15, 0.2) is 0 Å². The smallest absolute Gasteiger partial charge is 0.336 e. The van der Waals surface area contributed by atoms with Crippen molar-refractivity contribution in [2.24, 2.45) is 0 Å². The summed E-state index contributed by atoms with van der Waals surface area (Å²) >= 11 is 0. The average molecular weight is 194 g/mol. The molecule has 0 aromatic carbocycles. The van der Waals surface area contributed by atoms with Gasteiger partial charge < -0.3 is 15.4 Å². The van der Waals surface area contributed by atoms with Gasteiger partial charge in [-0.2, -0.15) is 0 Å². The van der Waals surface area contributed by atoms with E-state index in [4.69, 9.17) is 5.11 Å². The lowest BCUT2D eigenvalue weighted by Crippen LogP contribution is -2.29. The van der Waals surface area contributed by atoms with Crippen LogP contribution in [0.3, 0.4) is 0 Å². The molecule has 74 valence electrons. The van der Waals surface area contributed by atoms with Crippen LogP contribution in [0.1, 0.15) is 21.6 Å². The summed E-state index contributed by atoms with van der Waals surface area (Å²) < 4.78 is 0. The van der Waals surface area contributed by atoms with Gasteiger partial charge in [-0.05, 0) is 18.5 Å². The molecule has 0 unspecified atom stereocenters. The van der Waals surface area contributed by atoms with E-state index in [0.717, 1.165) is 18.2 Å². The van der Waals surface area contributed by atoms with Gasteiger partial charge in [-0.3, -0.25) is 4.79 Å². The van der Waals surface area contributed by atoms with Gasteiger partial charge in [-0.1, -0.05) is 0 Å². The number of rotatable bonds is 1. The second-order valence-electron chi connectivity index (χ2n) is 3.24. The van der Waals surface area contributed by atoms with Crippen LogP contribution in [0.4, 0.5) is 0 Å². The lowest BCUT2D eigenvalue weighted by Gasteiger charge is -2.17. The Kier molecular flexibility index (Phi) is 2.09. The van der Waals surface area contributed by atoms with Crippen LogP contribution in [-0.2, 0) is 13.0 Å². The van der Waals surface area contributed by atoms with Crippen LogP contribution in [0.15, 0.2) is 10.9 Å². The molecule has 0 saturated carbocycles. The molecule has 5 nitrogen and oxygen atoms in total. The van der Waals surface area contributed by atoms with Crippen molar-refractivity contribution >= 4 is 5.97 Å². The Morgan fingerprint density at radius 2 is 2.29 bits per heavy atom. The Morgan fingerprint density at radius 3 is 3.00 bits per heavy atom. The quantitative estimate of drug-likeness (QED) is 0.574. The molecule has 1 aromatic heterocycles. The zero-order valence-electron chi connectivity index (χ0n) is 7.46. The first-order valence-electron chi connectivity index (χ1n) is 4.37. The van der Waals surface area contributed by atoms with Gasteiger partial charge in [-0.15, -0.1) is 0 Å². The molecule has 2 heterocycles. The van der Waals surface area contributed by atoms with Gasteiger partial charge >= 0.3 is 5.97 Å². The number of aromatic amines is 1. The number of H-pyrrole nitrogens is 1. The molecule has 1 aliphatic rings. The van der Waals surface area contributed by atoms with Crippen molar-refractivity contribution in [1.82, 2.24) is 10.3 Å². The molecule has 0 spiro atoms. The van der Waals surface area contributed by atoms with E-state index in [-0.39, 0.29) is 11.1 Å². The summed E-state index contributed by atoms with van der Waals surface area (Å²) in [4.78, 5) is 24.6. The fraction of sp³-hybridized carbons (Fsp3) is 0.333. The van der Waals surface area contributed by atoms with Crippen molar-refractivity contribution in [2.75, 3.05) is 6.54 Å². The van der Waals surface area contributed by atoms with Gasteiger partial charge in [0.05, 0.1) is 5.56 Å². The van der Waals surface area contributed by atoms with Crippen molar-refractivity contribution in [1.29, 1.82) is 0 Å². The molecule has 1 aliphatic heterocycles. The van der Waals surface area contributed by atoms with Crippen LogP contribution < -0.4 is 10.9 Å². The van der Waals surface area contributed by atoms with E-state index in [1.165, 1.54) is 0 Å². The maximum Gasteiger partial charge on any atom is 0.336 e. The number of carboxylic acid groups (broad SMARTS) is 1. The third-order valence-corrected chi connectivity index (χ3v) is 2.32. The number of carboxylic acids is 1. The molecule has 0 bridgehead atoms. The second kappa shape index (κ2) is 3.26. The Balaban J connectivity index is 2.64. The van der Waals surface area contributed by atoms with E-state index < -0.39 is 5.97 Å². The van der Waals surface area contributed by atoms with Gasteiger partial charge in [-0.25, -0.2) is 4.79 Å². The standard InChI is InChI=1S/C9H10N2O3/c12-8-3-6(9(13)14)5-1-2-10-4-7(5)11-8/h3,10H,1-2,4H2,(H,11,12)(H,13,14). The molecule has 3 N–H and O–H groups in total. The summed E-state index contributed by atoms with van der Waals surface area (Å²) in [5.74, 6) is -1.03. The molecular formula is C9H10N2O3. The monoisotopic (exact) mass is 194 g/mol. The van der Waals surface area contributed by atoms with E-state index in [1.54, 1.807) is 0 Å². The second-order valence-corrected chi connectivity index (χ2v) is 3.24. The molecule has 0 saturated heterocycles. The first-order chi connectivity index (χ1) is 6.68. The predicted molar refractivity (Wildman–Crippen MR) is 49.4 cm³/mol. The van der Waals surface area contributed by atoms with E-state index in [9.17, 15) is 9.59 Å². The summed E-state index contributed by atoms with van der Waals surface area (Å²) in [6.07, 6.45) is 0.647. The van der Waals surface area contributed by atoms with Crippen LogP contribution in [0.5, 0.6) is 0 Å². The molecule has 1 aromatic rings. The fourth-order valence-corrected chi connectivity index (χ4v) is 1.70. The number of aromatic carboxylic acids is 1. The highest BCUT2D eigenvalue weighted by Gasteiger charge is 2.18. The van der Waals surface area contributed by atoms with Crippen LogP contribution >= 0.6 is 0 Å². The van der Waals surface area contributed by atoms with E-state index in [2.05, 4.69) is 10.3 Å². The molecule has 14 heavy (non-hydrogen) atoms. The summed E-state index contributed by atoms with van der Waals surface area (Å²) in [7, 11) is 0.